The van der Waals surface area contributed by atoms with Crippen molar-refractivity contribution in [1.82, 2.24) is 10.5 Å². The van der Waals surface area contributed by atoms with E-state index in [1.165, 1.54) is 48.9 Å². The van der Waals surface area contributed by atoms with Crippen molar-refractivity contribution in [3.63, 3.8) is 0 Å². The van der Waals surface area contributed by atoms with E-state index in [0.717, 1.165) is 4.31 Å². The number of aromatic nitrogens is 1. The van der Waals surface area contributed by atoms with Gasteiger partial charge < -0.3 is 4.74 Å². The van der Waals surface area contributed by atoms with Crippen molar-refractivity contribution in [3.05, 3.63) is 78.6 Å². The van der Waals surface area contributed by atoms with Crippen LogP contribution in [0.25, 0.3) is 0 Å². The van der Waals surface area contributed by atoms with E-state index in [2.05, 4.69) is 4.98 Å². The van der Waals surface area contributed by atoms with Gasteiger partial charge in [0.25, 0.3) is 15.9 Å². The van der Waals surface area contributed by atoms with Gasteiger partial charge in [-0.3, -0.25) is 19.3 Å². The van der Waals surface area contributed by atoms with Crippen molar-refractivity contribution in [2.24, 2.45) is 0 Å². The minimum atomic E-state index is -3.94. The van der Waals surface area contributed by atoms with E-state index < -0.39 is 15.9 Å². The Hall–Kier alpha value is -3.43. The molecule has 0 aliphatic rings. The van der Waals surface area contributed by atoms with Crippen LogP contribution in [0.3, 0.4) is 0 Å². The number of sulfonamides is 1. The van der Waals surface area contributed by atoms with E-state index in [1.807, 2.05) is 0 Å². The summed E-state index contributed by atoms with van der Waals surface area (Å²) in [6.07, 6.45) is 3.17. The number of para-hydroxylation sites is 1. The van der Waals surface area contributed by atoms with Gasteiger partial charge in [-0.1, -0.05) is 12.1 Å². The maximum Gasteiger partial charge on any atom is 0.276 e. The lowest BCUT2D eigenvalue weighted by Crippen LogP contribution is -2.30. The van der Waals surface area contributed by atoms with E-state index in [1.54, 1.807) is 36.7 Å². The van der Waals surface area contributed by atoms with Crippen LogP contribution in [-0.4, -0.2) is 31.6 Å². The van der Waals surface area contributed by atoms with Gasteiger partial charge in [0.1, 0.15) is 11.5 Å². The second-order valence-electron chi connectivity index (χ2n) is 5.69. The molecule has 144 valence electrons. The van der Waals surface area contributed by atoms with Crippen LogP contribution in [0.5, 0.6) is 11.5 Å². The van der Waals surface area contributed by atoms with Crippen molar-refractivity contribution in [3.8, 4) is 11.5 Å². The van der Waals surface area contributed by atoms with Gasteiger partial charge in [-0.2, -0.15) is 0 Å². The van der Waals surface area contributed by atoms with E-state index >= 15 is 0 Å². The fourth-order valence-electron chi connectivity index (χ4n) is 2.51. The number of hydrogen-bond donors (Lipinski definition) is 2. The van der Waals surface area contributed by atoms with Crippen LogP contribution in [0.4, 0.5) is 5.69 Å². The van der Waals surface area contributed by atoms with Gasteiger partial charge in [0, 0.05) is 19.4 Å². The number of benzene rings is 2. The van der Waals surface area contributed by atoms with Crippen molar-refractivity contribution in [2.45, 2.75) is 4.90 Å². The van der Waals surface area contributed by atoms with Crippen LogP contribution in [0.1, 0.15) is 10.4 Å². The Labute approximate surface area is 162 Å². The van der Waals surface area contributed by atoms with Crippen molar-refractivity contribution < 1.29 is 23.2 Å². The molecule has 0 saturated heterocycles. The van der Waals surface area contributed by atoms with Gasteiger partial charge in [-0.05, 0) is 48.5 Å². The molecule has 1 aromatic heterocycles. The van der Waals surface area contributed by atoms with Crippen molar-refractivity contribution in [2.75, 3.05) is 11.4 Å². The number of rotatable bonds is 6. The zero-order valence-electron chi connectivity index (χ0n) is 14.8. The highest BCUT2D eigenvalue weighted by Gasteiger charge is 2.25. The smallest absolute Gasteiger partial charge is 0.276 e. The molecule has 0 bridgehead atoms. The Bertz CT molecular complexity index is 1070. The van der Waals surface area contributed by atoms with Crippen LogP contribution in [0.2, 0.25) is 0 Å². The van der Waals surface area contributed by atoms with E-state index in [-0.39, 0.29) is 16.1 Å². The first-order valence-corrected chi connectivity index (χ1v) is 9.58. The van der Waals surface area contributed by atoms with Crippen LogP contribution in [0.15, 0.2) is 78.0 Å². The number of nitrogens with zero attached hydrogens (tertiary/aromatic N) is 2. The van der Waals surface area contributed by atoms with E-state index in [9.17, 15) is 13.2 Å². The summed E-state index contributed by atoms with van der Waals surface area (Å²) in [5, 5.41) is 8.88. The zero-order valence-corrected chi connectivity index (χ0v) is 15.6. The average molecular weight is 399 g/mol. The Morgan fingerprint density at radius 2 is 1.61 bits per heavy atom. The highest BCUT2D eigenvalue weighted by atomic mass is 32.2. The van der Waals surface area contributed by atoms with Crippen LogP contribution < -0.4 is 14.5 Å². The molecule has 0 unspecified atom stereocenters. The number of carbonyl (C=O) groups excluding carboxylic acids is 1. The molecular weight excluding hydrogens is 382 g/mol. The summed E-state index contributed by atoms with van der Waals surface area (Å²) in [5.74, 6) is 0.235. The average Bonchev–Trinajstić information content (AvgIpc) is 2.73. The molecule has 1 heterocycles. The van der Waals surface area contributed by atoms with E-state index in [0.29, 0.717) is 11.5 Å². The third-order valence-corrected chi connectivity index (χ3v) is 5.74. The summed E-state index contributed by atoms with van der Waals surface area (Å²) in [7, 11) is -2.61. The summed E-state index contributed by atoms with van der Waals surface area (Å²) in [6, 6.07) is 15.3. The van der Waals surface area contributed by atoms with Gasteiger partial charge in [0.2, 0.25) is 0 Å². The Kier molecular flexibility index (Phi) is 5.57. The second-order valence-corrected chi connectivity index (χ2v) is 7.66. The summed E-state index contributed by atoms with van der Waals surface area (Å²) in [6.45, 7) is 0. The van der Waals surface area contributed by atoms with Crippen LogP contribution in [-0.2, 0) is 10.0 Å². The van der Waals surface area contributed by atoms with E-state index in [4.69, 9.17) is 9.94 Å². The first kappa shape index (κ1) is 19.3. The third-order valence-electron chi connectivity index (χ3n) is 3.96. The van der Waals surface area contributed by atoms with Gasteiger partial charge in [-0.15, -0.1) is 0 Å². The molecular formula is C19H17N3O5S. The van der Waals surface area contributed by atoms with Gasteiger partial charge in [-0.25, -0.2) is 13.9 Å². The molecule has 0 saturated carbocycles. The predicted molar refractivity (Wildman–Crippen MR) is 102 cm³/mol. The van der Waals surface area contributed by atoms with Crippen LogP contribution >= 0.6 is 0 Å². The molecule has 28 heavy (non-hydrogen) atoms. The van der Waals surface area contributed by atoms with Gasteiger partial charge in [0.05, 0.1) is 16.1 Å². The molecule has 0 radical (unpaired) electrons. The molecule has 2 N–H and O–H groups in total. The number of pyridine rings is 1. The third kappa shape index (κ3) is 3.95. The molecule has 0 spiro atoms. The quantitative estimate of drug-likeness (QED) is 0.487. The number of hydroxylamine groups is 1. The molecule has 1 amide bonds. The lowest BCUT2D eigenvalue weighted by atomic mass is 10.1. The van der Waals surface area contributed by atoms with Crippen molar-refractivity contribution >= 4 is 21.6 Å². The van der Waals surface area contributed by atoms with Gasteiger partial charge >= 0.3 is 0 Å². The molecule has 3 rings (SSSR count). The molecule has 0 aliphatic carbocycles. The first-order chi connectivity index (χ1) is 13.4. The fourth-order valence-corrected chi connectivity index (χ4v) is 3.72. The van der Waals surface area contributed by atoms with Crippen LogP contribution in [0, 0.1) is 0 Å². The first-order valence-electron chi connectivity index (χ1n) is 8.14. The summed E-state index contributed by atoms with van der Waals surface area (Å²) in [5.41, 5.74) is 1.67. The summed E-state index contributed by atoms with van der Waals surface area (Å²) < 4.78 is 32.5. The normalized spacial score (nSPS) is 10.9. The number of amides is 1. The Balaban J connectivity index is 1.88. The molecule has 3 aromatic rings. The molecule has 2 aromatic carbocycles. The zero-order chi connectivity index (χ0) is 20.1. The highest BCUT2D eigenvalue weighted by Crippen LogP contribution is 2.27. The largest absolute Gasteiger partial charge is 0.457 e. The highest BCUT2D eigenvalue weighted by molar-refractivity contribution is 7.92. The van der Waals surface area contributed by atoms with Gasteiger partial charge in [0.15, 0.2) is 0 Å². The van der Waals surface area contributed by atoms with Crippen molar-refractivity contribution in [1.29, 1.82) is 0 Å². The second kappa shape index (κ2) is 8.07. The standard InChI is InChI=1S/C19H17N3O5S/c1-22(18-5-3-2-4-17(18)19(23)21-24)28(25,26)16-8-6-14(7-9-16)27-15-10-12-20-13-11-15/h2-13,24H,1H3,(H,21,23). The molecule has 0 atom stereocenters. The number of ether oxygens (including phenoxy) is 1. The molecule has 9 heteroatoms. The SMILES string of the molecule is CN(c1ccccc1C(=O)NO)S(=O)(=O)c1ccc(Oc2ccncc2)cc1. The maximum absolute atomic E-state index is 12.9. The number of hydrogen-bond acceptors (Lipinski definition) is 6. The summed E-state index contributed by atoms with van der Waals surface area (Å²) in [4.78, 5) is 15.7. The Morgan fingerprint density at radius 1 is 1.00 bits per heavy atom. The monoisotopic (exact) mass is 399 g/mol. The predicted octanol–water partition coefficient (Wildman–Crippen LogP) is 2.82. The Morgan fingerprint density at radius 3 is 2.25 bits per heavy atom. The number of carbonyl (C=O) groups is 1. The summed E-state index contributed by atoms with van der Waals surface area (Å²) >= 11 is 0. The lowest BCUT2D eigenvalue weighted by Gasteiger charge is -2.21. The molecule has 8 nitrogen and oxygen atoms in total. The fraction of sp³-hybridized carbons (Fsp3) is 0.0526. The maximum atomic E-state index is 12.9. The minimum absolute atomic E-state index is 0.0220. The number of nitrogens with one attached hydrogen (secondary N) is 1. The number of anilines is 1. The molecule has 0 aliphatic heterocycles. The minimum Gasteiger partial charge on any atom is -0.457 e. The topological polar surface area (TPSA) is 109 Å². The molecule has 0 fully saturated rings. The lowest BCUT2D eigenvalue weighted by molar-refractivity contribution is 0.0707.